The van der Waals surface area contributed by atoms with Gasteiger partial charge < -0.3 is 5.11 Å². The van der Waals surface area contributed by atoms with Gasteiger partial charge in [-0.2, -0.15) is 0 Å². The topological polar surface area (TPSA) is 37.3 Å². The molecule has 0 aliphatic carbocycles. The van der Waals surface area contributed by atoms with Crippen LogP contribution in [0, 0.1) is 11.3 Å². The van der Waals surface area contributed by atoms with E-state index < -0.39 is 5.97 Å². The van der Waals surface area contributed by atoms with Crippen LogP contribution in [0.15, 0.2) is 0 Å². The molecule has 0 aromatic carbocycles. The molecule has 0 radical (unpaired) electrons. The maximum atomic E-state index is 10.5. The van der Waals surface area contributed by atoms with E-state index in [2.05, 4.69) is 15.9 Å². The van der Waals surface area contributed by atoms with Crippen molar-refractivity contribution in [1.29, 1.82) is 0 Å². The third-order valence-electron chi connectivity index (χ3n) is 1.89. The Balaban J connectivity index is 4.17. The molecular formula is C7H13BrO2. The molecule has 0 aromatic rings. The highest BCUT2D eigenvalue weighted by Gasteiger charge is 2.29. The van der Waals surface area contributed by atoms with E-state index in [1.807, 2.05) is 13.8 Å². The minimum atomic E-state index is -0.732. The summed E-state index contributed by atoms with van der Waals surface area (Å²) in [5.74, 6) is -1.03. The number of rotatable bonds is 3. The Morgan fingerprint density at radius 2 is 2.10 bits per heavy atom. The molecule has 0 saturated heterocycles. The zero-order chi connectivity index (χ0) is 8.36. The van der Waals surface area contributed by atoms with Crippen LogP contribution in [0.4, 0.5) is 0 Å². The highest BCUT2D eigenvalue weighted by molar-refractivity contribution is 9.09. The Morgan fingerprint density at radius 1 is 1.70 bits per heavy atom. The monoisotopic (exact) mass is 208 g/mol. The molecule has 0 aliphatic heterocycles. The lowest BCUT2D eigenvalue weighted by molar-refractivity contribution is -0.144. The van der Waals surface area contributed by atoms with Crippen molar-refractivity contribution in [2.75, 3.05) is 5.33 Å². The van der Waals surface area contributed by atoms with Crippen LogP contribution in [-0.4, -0.2) is 16.4 Å². The molecule has 10 heavy (non-hydrogen) atoms. The molecule has 0 heterocycles. The van der Waals surface area contributed by atoms with Gasteiger partial charge in [-0.25, -0.2) is 0 Å². The molecule has 0 spiro atoms. The van der Waals surface area contributed by atoms with Gasteiger partial charge in [-0.15, -0.1) is 0 Å². The lowest BCUT2D eigenvalue weighted by atomic mass is 9.82. The fourth-order valence-corrected chi connectivity index (χ4v) is 0.936. The van der Waals surface area contributed by atoms with Crippen LogP contribution in [0.25, 0.3) is 0 Å². The van der Waals surface area contributed by atoms with Crippen molar-refractivity contribution < 1.29 is 9.90 Å². The predicted molar refractivity (Wildman–Crippen MR) is 44.4 cm³/mol. The molecule has 0 bridgehead atoms. The first kappa shape index (κ1) is 9.95. The van der Waals surface area contributed by atoms with Gasteiger partial charge in [0, 0.05) is 5.33 Å². The predicted octanol–water partition coefficient (Wildman–Crippen LogP) is 2.13. The second-order valence-electron chi connectivity index (χ2n) is 3.18. The number of alkyl halides is 1. The van der Waals surface area contributed by atoms with Crippen LogP contribution in [-0.2, 0) is 4.79 Å². The molecule has 0 aliphatic rings. The van der Waals surface area contributed by atoms with E-state index in [1.54, 1.807) is 6.92 Å². The van der Waals surface area contributed by atoms with Crippen LogP contribution in [0.3, 0.4) is 0 Å². The van der Waals surface area contributed by atoms with Gasteiger partial charge in [0.15, 0.2) is 0 Å². The largest absolute Gasteiger partial charge is 0.481 e. The lowest BCUT2D eigenvalue weighted by Gasteiger charge is -2.25. The fraction of sp³-hybridized carbons (Fsp3) is 0.857. The summed E-state index contributed by atoms with van der Waals surface area (Å²) < 4.78 is 0. The highest BCUT2D eigenvalue weighted by atomic mass is 79.9. The fourth-order valence-electron chi connectivity index (χ4n) is 0.450. The summed E-state index contributed by atoms with van der Waals surface area (Å²) in [6, 6.07) is 0. The molecular weight excluding hydrogens is 196 g/mol. The van der Waals surface area contributed by atoms with E-state index >= 15 is 0 Å². The van der Waals surface area contributed by atoms with E-state index in [4.69, 9.17) is 5.11 Å². The second kappa shape index (κ2) is 3.37. The van der Waals surface area contributed by atoms with Crippen molar-refractivity contribution in [3.63, 3.8) is 0 Å². The van der Waals surface area contributed by atoms with Crippen molar-refractivity contribution in [2.45, 2.75) is 20.8 Å². The Bertz CT molecular complexity index is 132. The van der Waals surface area contributed by atoms with Crippen molar-refractivity contribution in [3.8, 4) is 0 Å². The lowest BCUT2D eigenvalue weighted by Crippen LogP contribution is -2.29. The molecule has 1 N–H and O–H groups in total. The molecule has 60 valence electrons. The van der Waals surface area contributed by atoms with Crippen LogP contribution in [0.2, 0.25) is 0 Å². The summed E-state index contributed by atoms with van der Waals surface area (Å²) in [6.07, 6.45) is 0. The third kappa shape index (κ3) is 2.29. The number of carbonyl (C=O) groups is 1. The number of hydrogen-bond acceptors (Lipinski definition) is 1. The van der Waals surface area contributed by atoms with Crippen molar-refractivity contribution in [3.05, 3.63) is 0 Å². The summed E-state index contributed by atoms with van der Waals surface area (Å²) in [6.45, 7) is 5.59. The SMILES string of the molecule is CC(C(=O)O)C(C)(C)CBr. The highest BCUT2D eigenvalue weighted by Crippen LogP contribution is 2.28. The zero-order valence-corrected chi connectivity index (χ0v) is 8.10. The number of aliphatic carboxylic acids is 1. The van der Waals surface area contributed by atoms with Gasteiger partial charge in [0.25, 0.3) is 0 Å². The number of halogens is 1. The Labute approximate surface area is 69.8 Å². The van der Waals surface area contributed by atoms with Crippen LogP contribution in [0.5, 0.6) is 0 Å². The molecule has 1 unspecified atom stereocenters. The van der Waals surface area contributed by atoms with Crippen LogP contribution in [0.1, 0.15) is 20.8 Å². The maximum absolute atomic E-state index is 10.5. The van der Waals surface area contributed by atoms with Crippen LogP contribution >= 0.6 is 15.9 Å². The number of hydrogen-bond donors (Lipinski definition) is 1. The van der Waals surface area contributed by atoms with Gasteiger partial charge in [0.2, 0.25) is 0 Å². The summed E-state index contributed by atoms with van der Waals surface area (Å²) in [5.41, 5.74) is -0.161. The average Bonchev–Trinajstić information content (AvgIpc) is 1.86. The second-order valence-corrected chi connectivity index (χ2v) is 3.74. The Morgan fingerprint density at radius 3 is 2.20 bits per heavy atom. The molecule has 3 heteroatoms. The van der Waals surface area contributed by atoms with Gasteiger partial charge in [-0.1, -0.05) is 36.7 Å². The minimum Gasteiger partial charge on any atom is -0.481 e. The normalized spacial score (nSPS) is 14.8. The molecule has 0 aromatic heterocycles. The Hall–Kier alpha value is -0.0500. The third-order valence-corrected chi connectivity index (χ3v) is 3.33. The number of carboxylic acid groups (broad SMARTS) is 1. The molecule has 1 atom stereocenters. The molecule has 2 nitrogen and oxygen atoms in total. The Kier molecular flexibility index (Phi) is 3.36. The number of carboxylic acids is 1. The van der Waals surface area contributed by atoms with Crippen molar-refractivity contribution in [1.82, 2.24) is 0 Å². The van der Waals surface area contributed by atoms with Gasteiger partial charge in [0.05, 0.1) is 5.92 Å². The van der Waals surface area contributed by atoms with Crippen LogP contribution < -0.4 is 0 Å². The van der Waals surface area contributed by atoms with Gasteiger partial charge in [-0.3, -0.25) is 4.79 Å². The van der Waals surface area contributed by atoms with E-state index in [1.165, 1.54) is 0 Å². The van der Waals surface area contributed by atoms with Gasteiger partial charge >= 0.3 is 5.97 Å². The molecule has 0 saturated carbocycles. The van der Waals surface area contributed by atoms with Crippen molar-refractivity contribution >= 4 is 21.9 Å². The molecule has 0 rings (SSSR count). The van der Waals surface area contributed by atoms with Gasteiger partial charge in [0.1, 0.15) is 0 Å². The smallest absolute Gasteiger partial charge is 0.306 e. The molecule has 0 fully saturated rings. The molecule has 0 amide bonds. The minimum absolute atomic E-state index is 0.161. The first-order valence-electron chi connectivity index (χ1n) is 3.20. The quantitative estimate of drug-likeness (QED) is 0.723. The average molecular weight is 209 g/mol. The standard InChI is InChI=1S/C7H13BrO2/c1-5(6(9)10)7(2,3)4-8/h5H,4H2,1-3H3,(H,9,10). The summed E-state index contributed by atoms with van der Waals surface area (Å²) >= 11 is 3.28. The van der Waals surface area contributed by atoms with E-state index in [0.29, 0.717) is 5.33 Å². The summed E-state index contributed by atoms with van der Waals surface area (Å²) in [5, 5.41) is 9.34. The first-order chi connectivity index (χ1) is 4.41. The van der Waals surface area contributed by atoms with Crippen molar-refractivity contribution in [2.24, 2.45) is 11.3 Å². The van der Waals surface area contributed by atoms with E-state index in [-0.39, 0.29) is 11.3 Å². The first-order valence-corrected chi connectivity index (χ1v) is 4.32. The van der Waals surface area contributed by atoms with E-state index in [9.17, 15) is 4.79 Å². The summed E-state index contributed by atoms with van der Waals surface area (Å²) in [4.78, 5) is 10.5. The zero-order valence-electron chi connectivity index (χ0n) is 6.52. The summed E-state index contributed by atoms with van der Waals surface area (Å²) in [7, 11) is 0. The van der Waals surface area contributed by atoms with E-state index in [0.717, 1.165) is 0 Å². The van der Waals surface area contributed by atoms with Gasteiger partial charge in [-0.05, 0) is 5.41 Å². The maximum Gasteiger partial charge on any atom is 0.306 e.